The van der Waals surface area contributed by atoms with Crippen molar-refractivity contribution in [1.82, 2.24) is 0 Å². The Kier molecular flexibility index (Phi) is 10.6. The highest BCUT2D eigenvalue weighted by Gasteiger charge is 2.21. The van der Waals surface area contributed by atoms with E-state index in [1.807, 2.05) is 0 Å². The SMILES string of the molecule is COC(=O)CC(C)(C)C/C=C/Cc1cccc(C/C=C/CC(C)(C)CC(=O)OC)c1. The van der Waals surface area contributed by atoms with Gasteiger partial charge in [-0.25, -0.2) is 0 Å². The molecule has 1 aromatic rings. The van der Waals surface area contributed by atoms with E-state index in [4.69, 9.17) is 9.47 Å². The molecule has 166 valence electrons. The number of benzene rings is 1. The van der Waals surface area contributed by atoms with Crippen LogP contribution >= 0.6 is 0 Å². The average Bonchev–Trinajstić information content (AvgIpc) is 2.68. The molecular formula is C26H38O4. The van der Waals surface area contributed by atoms with E-state index in [0.717, 1.165) is 25.7 Å². The van der Waals surface area contributed by atoms with Crippen LogP contribution in [0.5, 0.6) is 0 Å². The van der Waals surface area contributed by atoms with Gasteiger partial charge in [-0.1, -0.05) is 76.3 Å². The van der Waals surface area contributed by atoms with Crippen LogP contribution in [0.15, 0.2) is 48.6 Å². The summed E-state index contributed by atoms with van der Waals surface area (Å²) >= 11 is 0. The van der Waals surface area contributed by atoms with Crippen LogP contribution in [0.4, 0.5) is 0 Å². The van der Waals surface area contributed by atoms with Crippen LogP contribution in [0.3, 0.4) is 0 Å². The lowest BCUT2D eigenvalue weighted by Gasteiger charge is -2.20. The fourth-order valence-electron chi connectivity index (χ4n) is 3.20. The number of ether oxygens (including phenoxy) is 2. The summed E-state index contributed by atoms with van der Waals surface area (Å²) in [6.45, 7) is 8.31. The molecule has 0 aliphatic heterocycles. The van der Waals surface area contributed by atoms with Crippen molar-refractivity contribution in [3.8, 4) is 0 Å². The van der Waals surface area contributed by atoms with Gasteiger partial charge in [-0.05, 0) is 47.6 Å². The van der Waals surface area contributed by atoms with Gasteiger partial charge in [-0.15, -0.1) is 0 Å². The zero-order chi connectivity index (χ0) is 22.6. The monoisotopic (exact) mass is 414 g/mol. The largest absolute Gasteiger partial charge is 0.469 e. The lowest BCUT2D eigenvalue weighted by atomic mass is 9.85. The Morgan fingerprint density at radius 2 is 1.17 bits per heavy atom. The summed E-state index contributed by atoms with van der Waals surface area (Å²) < 4.78 is 9.53. The topological polar surface area (TPSA) is 52.6 Å². The molecule has 0 fully saturated rings. The first-order valence-electron chi connectivity index (χ1n) is 10.6. The Hall–Kier alpha value is -2.36. The van der Waals surface area contributed by atoms with Gasteiger partial charge >= 0.3 is 11.9 Å². The number of methoxy groups -OCH3 is 2. The molecule has 1 rings (SSSR count). The van der Waals surface area contributed by atoms with E-state index >= 15 is 0 Å². The van der Waals surface area contributed by atoms with Crippen molar-refractivity contribution in [3.63, 3.8) is 0 Å². The van der Waals surface area contributed by atoms with Crippen LogP contribution in [-0.2, 0) is 31.9 Å². The number of hydrogen-bond donors (Lipinski definition) is 0. The number of carbonyl (C=O) groups excluding carboxylic acids is 2. The first kappa shape index (κ1) is 25.7. The quantitative estimate of drug-likeness (QED) is 0.318. The Morgan fingerprint density at radius 1 is 0.767 bits per heavy atom. The molecule has 0 saturated heterocycles. The standard InChI is InChI=1S/C26H38O4/c1-25(2,19-23(27)29-5)16-9-7-12-21-14-11-15-22(18-21)13-8-10-17-26(3,4)20-24(28)30-6/h7-11,14-15,18H,12-13,16-17,19-20H2,1-6H3/b9-7+,10-8+. The van der Waals surface area contributed by atoms with Gasteiger partial charge in [-0.2, -0.15) is 0 Å². The predicted octanol–water partition coefficient (Wildman–Crippen LogP) is 5.84. The first-order chi connectivity index (χ1) is 14.1. The minimum atomic E-state index is -0.164. The van der Waals surface area contributed by atoms with Crippen LogP contribution < -0.4 is 0 Å². The molecule has 0 spiro atoms. The zero-order valence-electron chi connectivity index (χ0n) is 19.5. The molecule has 0 aliphatic carbocycles. The molecule has 30 heavy (non-hydrogen) atoms. The molecule has 0 amide bonds. The summed E-state index contributed by atoms with van der Waals surface area (Å²) in [6, 6.07) is 8.59. The Bertz CT molecular complexity index is 682. The van der Waals surface area contributed by atoms with Crippen molar-refractivity contribution in [3.05, 3.63) is 59.7 Å². The van der Waals surface area contributed by atoms with Gasteiger partial charge in [0.1, 0.15) is 0 Å². The van der Waals surface area contributed by atoms with Gasteiger partial charge in [0.2, 0.25) is 0 Å². The summed E-state index contributed by atoms with van der Waals surface area (Å²) in [5.41, 5.74) is 2.35. The molecule has 0 saturated carbocycles. The highest BCUT2D eigenvalue weighted by atomic mass is 16.5. The minimum absolute atomic E-state index is 0.0993. The van der Waals surface area contributed by atoms with Gasteiger partial charge in [0, 0.05) is 0 Å². The summed E-state index contributed by atoms with van der Waals surface area (Å²) in [7, 11) is 2.86. The smallest absolute Gasteiger partial charge is 0.306 e. The molecular weight excluding hydrogens is 376 g/mol. The highest BCUT2D eigenvalue weighted by molar-refractivity contribution is 5.70. The van der Waals surface area contributed by atoms with E-state index in [-0.39, 0.29) is 22.8 Å². The third-order valence-electron chi connectivity index (χ3n) is 5.07. The van der Waals surface area contributed by atoms with E-state index in [9.17, 15) is 9.59 Å². The Labute approximate surface area is 182 Å². The molecule has 1 aromatic carbocycles. The van der Waals surface area contributed by atoms with Crippen molar-refractivity contribution in [2.75, 3.05) is 14.2 Å². The second-order valence-corrected chi connectivity index (χ2v) is 9.41. The summed E-state index contributed by atoms with van der Waals surface area (Å²) in [5.74, 6) is -0.328. The average molecular weight is 415 g/mol. The van der Waals surface area contributed by atoms with Crippen LogP contribution in [0.2, 0.25) is 0 Å². The van der Waals surface area contributed by atoms with Crippen molar-refractivity contribution >= 4 is 11.9 Å². The third-order valence-corrected chi connectivity index (χ3v) is 5.07. The second kappa shape index (κ2) is 12.4. The first-order valence-corrected chi connectivity index (χ1v) is 10.6. The summed E-state index contributed by atoms with van der Waals surface area (Å²) in [6.07, 6.45) is 12.9. The highest BCUT2D eigenvalue weighted by Crippen LogP contribution is 2.27. The molecule has 4 nitrogen and oxygen atoms in total. The lowest BCUT2D eigenvalue weighted by Crippen LogP contribution is -2.17. The number of hydrogen-bond acceptors (Lipinski definition) is 4. The van der Waals surface area contributed by atoms with E-state index in [1.165, 1.54) is 25.3 Å². The van der Waals surface area contributed by atoms with E-state index in [1.54, 1.807) is 0 Å². The lowest BCUT2D eigenvalue weighted by molar-refractivity contribution is -0.143. The molecule has 0 bridgehead atoms. The summed E-state index contributed by atoms with van der Waals surface area (Å²) in [4.78, 5) is 22.9. The molecule has 0 aliphatic rings. The maximum absolute atomic E-state index is 11.5. The Morgan fingerprint density at radius 3 is 1.53 bits per heavy atom. The number of allylic oxidation sites excluding steroid dienone is 4. The molecule has 0 unspecified atom stereocenters. The molecule has 0 atom stereocenters. The molecule has 0 aromatic heterocycles. The van der Waals surface area contributed by atoms with E-state index in [2.05, 4.69) is 76.3 Å². The van der Waals surface area contributed by atoms with E-state index in [0.29, 0.717) is 12.8 Å². The number of esters is 2. The normalized spacial score (nSPS) is 12.5. The van der Waals surface area contributed by atoms with Crippen LogP contribution in [0, 0.1) is 10.8 Å². The van der Waals surface area contributed by atoms with Crippen molar-refractivity contribution < 1.29 is 19.1 Å². The van der Waals surface area contributed by atoms with Crippen molar-refractivity contribution in [1.29, 1.82) is 0 Å². The second-order valence-electron chi connectivity index (χ2n) is 9.41. The number of rotatable bonds is 12. The summed E-state index contributed by atoms with van der Waals surface area (Å²) in [5, 5.41) is 0. The van der Waals surface area contributed by atoms with Crippen molar-refractivity contribution in [2.45, 2.75) is 66.2 Å². The van der Waals surface area contributed by atoms with Crippen LogP contribution in [0.1, 0.15) is 64.5 Å². The maximum Gasteiger partial charge on any atom is 0.306 e. The molecule has 4 heteroatoms. The molecule has 0 N–H and O–H groups in total. The molecule has 0 radical (unpaired) electrons. The maximum atomic E-state index is 11.5. The van der Waals surface area contributed by atoms with Crippen molar-refractivity contribution in [2.24, 2.45) is 10.8 Å². The fraction of sp³-hybridized carbons (Fsp3) is 0.538. The van der Waals surface area contributed by atoms with Gasteiger partial charge in [-0.3, -0.25) is 9.59 Å². The molecule has 0 heterocycles. The number of carbonyl (C=O) groups is 2. The van der Waals surface area contributed by atoms with Gasteiger partial charge < -0.3 is 9.47 Å². The fourth-order valence-corrected chi connectivity index (χ4v) is 3.20. The third kappa shape index (κ3) is 11.0. The van der Waals surface area contributed by atoms with E-state index < -0.39 is 0 Å². The zero-order valence-corrected chi connectivity index (χ0v) is 19.5. The van der Waals surface area contributed by atoms with Crippen LogP contribution in [-0.4, -0.2) is 26.2 Å². The minimum Gasteiger partial charge on any atom is -0.469 e. The van der Waals surface area contributed by atoms with Gasteiger partial charge in [0.05, 0.1) is 27.1 Å². The predicted molar refractivity (Wildman–Crippen MR) is 122 cm³/mol. The van der Waals surface area contributed by atoms with Gasteiger partial charge in [0.25, 0.3) is 0 Å². The Balaban J connectivity index is 2.51. The van der Waals surface area contributed by atoms with Crippen LogP contribution in [0.25, 0.3) is 0 Å². The van der Waals surface area contributed by atoms with Gasteiger partial charge in [0.15, 0.2) is 0 Å².